The van der Waals surface area contributed by atoms with Crippen molar-refractivity contribution in [3.63, 3.8) is 0 Å². The maximum atomic E-state index is 12.6. The number of amides is 2. The predicted octanol–water partition coefficient (Wildman–Crippen LogP) is 1.40. The van der Waals surface area contributed by atoms with E-state index in [9.17, 15) is 14.4 Å². The van der Waals surface area contributed by atoms with Crippen LogP contribution in [0.2, 0.25) is 0 Å². The molecule has 2 aromatic carbocycles. The van der Waals surface area contributed by atoms with Crippen LogP contribution in [0, 0.1) is 0 Å². The summed E-state index contributed by atoms with van der Waals surface area (Å²) in [4.78, 5) is 37.4. The molecule has 29 heavy (non-hydrogen) atoms. The molecule has 2 amide bonds. The molecule has 0 unspecified atom stereocenters. The number of hydrogen-bond donors (Lipinski definition) is 3. The molecule has 0 aliphatic heterocycles. The van der Waals surface area contributed by atoms with Crippen molar-refractivity contribution in [2.24, 2.45) is 7.05 Å². The van der Waals surface area contributed by atoms with Gasteiger partial charge in [0.1, 0.15) is 0 Å². The Balaban J connectivity index is 1.57. The average molecular weight is 388 g/mol. The Kier molecular flexibility index (Phi) is 4.62. The zero-order valence-electron chi connectivity index (χ0n) is 15.3. The minimum Gasteiger partial charge on any atom is -0.277 e. The van der Waals surface area contributed by atoms with Crippen LogP contribution in [0.5, 0.6) is 0 Å². The van der Waals surface area contributed by atoms with Crippen molar-refractivity contribution in [1.82, 2.24) is 30.8 Å². The van der Waals surface area contributed by atoms with E-state index in [1.807, 2.05) is 30.3 Å². The highest BCUT2D eigenvalue weighted by Gasteiger charge is 2.19. The van der Waals surface area contributed by atoms with Gasteiger partial charge >= 0.3 is 0 Å². The van der Waals surface area contributed by atoms with Crippen LogP contribution in [0.4, 0.5) is 0 Å². The summed E-state index contributed by atoms with van der Waals surface area (Å²) in [6.45, 7) is 0. The van der Waals surface area contributed by atoms with E-state index >= 15 is 0 Å². The Labute approximate surface area is 164 Å². The molecule has 144 valence electrons. The fourth-order valence-electron chi connectivity index (χ4n) is 2.99. The van der Waals surface area contributed by atoms with Crippen molar-refractivity contribution in [3.8, 4) is 11.3 Å². The first-order chi connectivity index (χ1) is 14.1. The van der Waals surface area contributed by atoms with Gasteiger partial charge in [-0.3, -0.25) is 30.3 Å². The summed E-state index contributed by atoms with van der Waals surface area (Å²) in [5, 5.41) is 11.5. The Morgan fingerprint density at radius 2 is 1.59 bits per heavy atom. The molecule has 9 nitrogen and oxygen atoms in total. The predicted molar refractivity (Wildman–Crippen MR) is 106 cm³/mol. The van der Waals surface area contributed by atoms with Crippen LogP contribution in [0.15, 0.2) is 65.6 Å². The van der Waals surface area contributed by atoms with E-state index in [1.165, 1.54) is 13.2 Å². The highest BCUT2D eigenvalue weighted by atomic mass is 16.2. The summed E-state index contributed by atoms with van der Waals surface area (Å²) in [6, 6.07) is 15.9. The lowest BCUT2D eigenvalue weighted by Gasteiger charge is -2.10. The number of nitrogens with zero attached hydrogens (tertiary/aromatic N) is 3. The summed E-state index contributed by atoms with van der Waals surface area (Å²) in [7, 11) is 1.46. The standard InChI is InChI=1S/C20H16N6O3/c1-26-20(29)14-10-6-5-9-13(14)17(25-26)19(28)24-23-18(27)15-11-21-22-16(15)12-7-3-2-4-8-12/h2-11H,1H3,(H,21,22)(H,23,27)(H,24,28). The van der Waals surface area contributed by atoms with Crippen molar-refractivity contribution in [2.75, 3.05) is 0 Å². The Hall–Kier alpha value is -4.27. The van der Waals surface area contributed by atoms with E-state index in [2.05, 4.69) is 26.1 Å². The van der Waals surface area contributed by atoms with Gasteiger partial charge in [0, 0.05) is 18.0 Å². The van der Waals surface area contributed by atoms with Gasteiger partial charge in [-0.15, -0.1) is 0 Å². The van der Waals surface area contributed by atoms with Crippen LogP contribution in [-0.2, 0) is 7.05 Å². The van der Waals surface area contributed by atoms with Crippen LogP contribution < -0.4 is 16.4 Å². The molecule has 0 saturated heterocycles. The number of hydrazine groups is 1. The lowest BCUT2D eigenvalue weighted by molar-refractivity contribution is 0.0844. The maximum Gasteiger partial charge on any atom is 0.290 e. The second-order valence-corrected chi connectivity index (χ2v) is 6.26. The monoisotopic (exact) mass is 388 g/mol. The smallest absolute Gasteiger partial charge is 0.277 e. The summed E-state index contributed by atoms with van der Waals surface area (Å²) < 4.78 is 1.09. The van der Waals surface area contributed by atoms with Crippen molar-refractivity contribution in [1.29, 1.82) is 0 Å². The molecule has 0 aliphatic carbocycles. The molecule has 0 radical (unpaired) electrons. The number of nitrogens with one attached hydrogen (secondary N) is 3. The number of aromatic nitrogens is 4. The lowest BCUT2D eigenvalue weighted by atomic mass is 10.1. The number of hydrogen-bond acceptors (Lipinski definition) is 5. The topological polar surface area (TPSA) is 122 Å². The Bertz CT molecular complexity index is 1280. The molecule has 9 heteroatoms. The number of fused-ring (bicyclic) bond motifs is 1. The SMILES string of the molecule is Cn1nc(C(=O)NNC(=O)c2cn[nH]c2-c2ccccc2)c2ccccc2c1=O. The van der Waals surface area contributed by atoms with E-state index < -0.39 is 11.8 Å². The average Bonchev–Trinajstić information content (AvgIpc) is 3.25. The molecule has 0 fully saturated rings. The zero-order chi connectivity index (χ0) is 20.4. The van der Waals surface area contributed by atoms with Crippen LogP contribution >= 0.6 is 0 Å². The third kappa shape index (κ3) is 3.36. The molecule has 0 spiro atoms. The first-order valence-electron chi connectivity index (χ1n) is 8.72. The second kappa shape index (κ2) is 7.39. The Morgan fingerprint density at radius 1 is 0.931 bits per heavy atom. The van der Waals surface area contributed by atoms with Crippen LogP contribution in [0.25, 0.3) is 22.0 Å². The summed E-state index contributed by atoms with van der Waals surface area (Å²) in [6.07, 6.45) is 1.38. The molecule has 4 aromatic rings. The number of carbonyl (C=O) groups is 2. The largest absolute Gasteiger partial charge is 0.290 e. The third-order valence-corrected chi connectivity index (χ3v) is 4.41. The van der Waals surface area contributed by atoms with Gasteiger partial charge in [-0.25, -0.2) is 4.68 Å². The number of benzene rings is 2. The molecule has 4 rings (SSSR count). The fourth-order valence-corrected chi connectivity index (χ4v) is 2.99. The summed E-state index contributed by atoms with van der Waals surface area (Å²) in [5.74, 6) is -1.19. The number of aromatic amines is 1. The van der Waals surface area contributed by atoms with Gasteiger partial charge in [0.05, 0.1) is 22.8 Å². The molecule has 0 saturated carbocycles. The highest BCUT2D eigenvalue weighted by Crippen LogP contribution is 2.20. The van der Waals surface area contributed by atoms with Crippen LogP contribution in [0.1, 0.15) is 20.8 Å². The number of rotatable bonds is 3. The quantitative estimate of drug-likeness (QED) is 0.458. The fraction of sp³-hybridized carbons (Fsp3) is 0.0500. The maximum absolute atomic E-state index is 12.6. The Morgan fingerprint density at radius 3 is 2.34 bits per heavy atom. The molecule has 0 bridgehead atoms. The first kappa shape index (κ1) is 18.1. The van der Waals surface area contributed by atoms with Gasteiger partial charge in [0.2, 0.25) is 0 Å². The van der Waals surface area contributed by atoms with Crippen LogP contribution in [0.3, 0.4) is 0 Å². The van der Waals surface area contributed by atoms with E-state index in [4.69, 9.17) is 0 Å². The number of aryl methyl sites for hydroxylation is 1. The van der Waals surface area contributed by atoms with E-state index in [-0.39, 0.29) is 16.8 Å². The number of H-pyrrole nitrogens is 1. The van der Waals surface area contributed by atoms with Gasteiger partial charge < -0.3 is 0 Å². The lowest BCUT2D eigenvalue weighted by Crippen LogP contribution is -2.42. The van der Waals surface area contributed by atoms with Crippen LogP contribution in [-0.4, -0.2) is 31.8 Å². The van der Waals surface area contributed by atoms with Crippen molar-refractivity contribution < 1.29 is 9.59 Å². The summed E-state index contributed by atoms with van der Waals surface area (Å²) in [5.41, 5.74) is 6.01. The van der Waals surface area contributed by atoms with E-state index in [0.717, 1.165) is 10.2 Å². The van der Waals surface area contributed by atoms with Crippen molar-refractivity contribution in [2.45, 2.75) is 0 Å². The van der Waals surface area contributed by atoms with Crippen molar-refractivity contribution in [3.05, 3.63) is 82.4 Å². The molecular formula is C20H16N6O3. The normalized spacial score (nSPS) is 10.7. The number of carbonyl (C=O) groups excluding carboxylic acids is 2. The highest BCUT2D eigenvalue weighted by molar-refractivity contribution is 6.06. The van der Waals surface area contributed by atoms with Gasteiger partial charge in [0.15, 0.2) is 5.69 Å². The van der Waals surface area contributed by atoms with Gasteiger partial charge in [-0.05, 0) is 6.07 Å². The second-order valence-electron chi connectivity index (χ2n) is 6.26. The minimum atomic E-state index is -0.644. The third-order valence-electron chi connectivity index (χ3n) is 4.41. The molecule has 3 N–H and O–H groups in total. The molecule has 0 atom stereocenters. The van der Waals surface area contributed by atoms with Crippen molar-refractivity contribution >= 4 is 22.6 Å². The minimum absolute atomic E-state index is 0.0264. The zero-order valence-corrected chi connectivity index (χ0v) is 15.3. The summed E-state index contributed by atoms with van der Waals surface area (Å²) >= 11 is 0. The van der Waals surface area contributed by atoms with E-state index in [1.54, 1.807) is 24.3 Å². The van der Waals surface area contributed by atoms with E-state index in [0.29, 0.717) is 16.5 Å². The molecular weight excluding hydrogens is 372 g/mol. The van der Waals surface area contributed by atoms with Gasteiger partial charge in [-0.2, -0.15) is 10.2 Å². The molecule has 2 heterocycles. The molecule has 0 aliphatic rings. The van der Waals surface area contributed by atoms with Gasteiger partial charge in [0.25, 0.3) is 17.4 Å². The van der Waals surface area contributed by atoms with Gasteiger partial charge in [-0.1, -0.05) is 48.5 Å². The molecule has 2 aromatic heterocycles. The first-order valence-corrected chi connectivity index (χ1v) is 8.72.